The average Bonchev–Trinajstić information content (AvgIpc) is 2.18. The first kappa shape index (κ1) is 11.1. The van der Waals surface area contributed by atoms with Gasteiger partial charge in [-0.2, -0.15) is 0 Å². The molecule has 0 radical (unpaired) electrons. The van der Waals surface area contributed by atoms with E-state index >= 15 is 0 Å². The van der Waals surface area contributed by atoms with Gasteiger partial charge >= 0.3 is 6.09 Å². The zero-order chi connectivity index (χ0) is 10.6. The molecule has 0 aromatic carbocycles. The van der Waals surface area contributed by atoms with Gasteiger partial charge in [-0.25, -0.2) is 4.79 Å². The van der Waals surface area contributed by atoms with Crippen molar-refractivity contribution < 1.29 is 14.7 Å². The van der Waals surface area contributed by atoms with E-state index in [1.54, 1.807) is 0 Å². The van der Waals surface area contributed by atoms with E-state index in [2.05, 4.69) is 17.5 Å². The second kappa shape index (κ2) is 5.06. The van der Waals surface area contributed by atoms with Crippen LogP contribution in [0.3, 0.4) is 0 Å². The predicted octanol–water partition coefficient (Wildman–Crippen LogP) is -0.757. The Morgan fingerprint density at radius 1 is 1.29 bits per heavy atom. The van der Waals surface area contributed by atoms with Crippen LogP contribution >= 0.6 is 12.8 Å². The molecule has 1 aliphatic rings. The number of carbonyl (C=O) groups excluding carboxylic acids is 1. The summed E-state index contributed by atoms with van der Waals surface area (Å²) in [6, 6.07) is 0. The van der Waals surface area contributed by atoms with Gasteiger partial charge in [-0.1, -0.05) is 12.8 Å². The molecule has 0 bridgehead atoms. The predicted molar refractivity (Wildman–Crippen MR) is 53.2 cm³/mol. The van der Waals surface area contributed by atoms with Crippen molar-refractivity contribution in [1.82, 2.24) is 14.5 Å². The van der Waals surface area contributed by atoms with Crippen LogP contribution in [0.4, 0.5) is 4.79 Å². The van der Waals surface area contributed by atoms with Gasteiger partial charge in [0, 0.05) is 26.2 Å². The Morgan fingerprint density at radius 3 is 2.29 bits per heavy atom. The maximum absolute atomic E-state index is 10.9. The fraction of sp³-hybridized carbons (Fsp3) is 0.714. The van der Waals surface area contributed by atoms with Crippen molar-refractivity contribution in [2.75, 3.05) is 32.7 Å². The quantitative estimate of drug-likeness (QED) is 0.534. The highest BCUT2D eigenvalue weighted by atomic mass is 32.1. The molecular weight excluding hydrogens is 206 g/mol. The lowest BCUT2D eigenvalue weighted by atomic mass is 10.3. The number of hydrogen-bond acceptors (Lipinski definition) is 4. The molecule has 0 aromatic rings. The normalized spacial score (nSPS) is 17.9. The lowest BCUT2D eigenvalue weighted by Gasteiger charge is -2.32. The second-order valence-electron chi connectivity index (χ2n) is 3.08. The lowest BCUT2D eigenvalue weighted by Crippen LogP contribution is -2.50. The number of amides is 2. The summed E-state index contributed by atoms with van der Waals surface area (Å²) in [5.74, 6) is -0.169. The first-order valence-corrected chi connectivity index (χ1v) is 4.71. The minimum absolute atomic E-state index is 0.169. The molecule has 1 heterocycles. The van der Waals surface area contributed by atoms with Crippen molar-refractivity contribution >= 4 is 24.8 Å². The molecule has 14 heavy (non-hydrogen) atoms. The topological polar surface area (TPSA) is 72.9 Å². The van der Waals surface area contributed by atoms with Crippen LogP contribution in [0.5, 0.6) is 0 Å². The molecule has 0 spiro atoms. The maximum Gasteiger partial charge on any atom is 0.407 e. The number of nitrogens with one attached hydrogen (secondary N) is 1. The van der Waals surface area contributed by atoms with Crippen LogP contribution in [-0.4, -0.2) is 59.6 Å². The van der Waals surface area contributed by atoms with Crippen LogP contribution in [0.15, 0.2) is 0 Å². The summed E-state index contributed by atoms with van der Waals surface area (Å²) < 4.78 is 2.23. The Kier molecular flexibility index (Phi) is 4.02. The summed E-state index contributed by atoms with van der Waals surface area (Å²) in [6.07, 6.45) is -0.900. The first-order chi connectivity index (χ1) is 6.63. The minimum Gasteiger partial charge on any atom is -0.465 e. The Bertz CT molecular complexity index is 228. The van der Waals surface area contributed by atoms with Crippen molar-refractivity contribution in [3.05, 3.63) is 0 Å². The van der Waals surface area contributed by atoms with Crippen molar-refractivity contribution in [2.45, 2.75) is 0 Å². The highest BCUT2D eigenvalue weighted by molar-refractivity contribution is 7.78. The van der Waals surface area contributed by atoms with Crippen LogP contribution in [0, 0.1) is 0 Å². The zero-order valence-electron chi connectivity index (χ0n) is 7.64. The van der Waals surface area contributed by atoms with Crippen LogP contribution in [0.25, 0.3) is 0 Å². The third-order valence-electron chi connectivity index (χ3n) is 2.13. The van der Waals surface area contributed by atoms with Gasteiger partial charge in [-0.3, -0.25) is 9.69 Å². The van der Waals surface area contributed by atoms with Crippen LogP contribution in [0.2, 0.25) is 0 Å². The van der Waals surface area contributed by atoms with Gasteiger partial charge in [0.2, 0.25) is 5.91 Å². The number of carbonyl (C=O) groups is 2. The Morgan fingerprint density at radius 2 is 1.86 bits per heavy atom. The molecule has 1 rings (SSSR count). The van der Waals surface area contributed by atoms with Crippen molar-refractivity contribution in [2.24, 2.45) is 0 Å². The molecule has 2 N–H and O–H groups in total. The van der Waals surface area contributed by atoms with Gasteiger partial charge < -0.3 is 14.7 Å². The Hall–Kier alpha value is -0.950. The first-order valence-electron chi connectivity index (χ1n) is 4.26. The highest BCUT2D eigenvalue weighted by Gasteiger charge is 2.21. The van der Waals surface area contributed by atoms with Gasteiger partial charge in [0.05, 0.1) is 6.54 Å². The SMILES string of the molecule is O=C(CN1CCN(C(=O)O)CC1)NS. The van der Waals surface area contributed by atoms with E-state index in [1.807, 2.05) is 4.90 Å². The Balaban J connectivity index is 2.29. The number of piperazine rings is 1. The van der Waals surface area contributed by atoms with E-state index in [1.165, 1.54) is 4.90 Å². The summed E-state index contributed by atoms with van der Waals surface area (Å²) in [5, 5.41) is 8.67. The fourth-order valence-corrected chi connectivity index (χ4v) is 1.41. The van der Waals surface area contributed by atoms with E-state index in [0.29, 0.717) is 26.2 Å². The molecule has 0 atom stereocenters. The highest BCUT2D eigenvalue weighted by Crippen LogP contribution is 2.01. The van der Waals surface area contributed by atoms with E-state index in [4.69, 9.17) is 5.11 Å². The number of hydrogen-bond donors (Lipinski definition) is 3. The maximum atomic E-state index is 10.9. The van der Waals surface area contributed by atoms with Crippen molar-refractivity contribution in [3.8, 4) is 0 Å². The van der Waals surface area contributed by atoms with Gasteiger partial charge in [-0.15, -0.1) is 0 Å². The largest absolute Gasteiger partial charge is 0.465 e. The molecule has 0 aliphatic carbocycles. The molecule has 1 fully saturated rings. The van der Waals surface area contributed by atoms with E-state index in [-0.39, 0.29) is 12.5 Å². The molecular formula is C7H13N3O3S. The number of carboxylic acid groups (broad SMARTS) is 1. The summed E-state index contributed by atoms with van der Waals surface area (Å²) in [4.78, 5) is 24.7. The monoisotopic (exact) mass is 219 g/mol. The molecule has 0 aromatic heterocycles. The van der Waals surface area contributed by atoms with Crippen LogP contribution in [0.1, 0.15) is 0 Å². The molecule has 80 valence electrons. The van der Waals surface area contributed by atoms with Crippen molar-refractivity contribution in [1.29, 1.82) is 0 Å². The van der Waals surface area contributed by atoms with Crippen LogP contribution in [-0.2, 0) is 4.79 Å². The zero-order valence-corrected chi connectivity index (χ0v) is 8.54. The van der Waals surface area contributed by atoms with Crippen molar-refractivity contribution in [3.63, 3.8) is 0 Å². The van der Waals surface area contributed by atoms with E-state index in [0.717, 1.165) is 0 Å². The third kappa shape index (κ3) is 3.08. The van der Waals surface area contributed by atoms with Gasteiger partial charge in [0.15, 0.2) is 0 Å². The standard InChI is InChI=1S/C7H13N3O3S/c11-6(8-14)5-9-1-3-10(4-2-9)7(12)13/h14H,1-5H2,(H,8,11)(H,12,13). The van der Waals surface area contributed by atoms with E-state index in [9.17, 15) is 9.59 Å². The molecule has 7 heteroatoms. The second-order valence-corrected chi connectivity index (χ2v) is 3.30. The number of nitrogens with zero attached hydrogens (tertiary/aromatic N) is 2. The fourth-order valence-electron chi connectivity index (χ4n) is 1.34. The number of thiol groups is 1. The minimum atomic E-state index is -0.900. The van der Waals surface area contributed by atoms with Gasteiger partial charge in [0.1, 0.15) is 0 Å². The summed E-state index contributed by atoms with van der Waals surface area (Å²) >= 11 is 3.63. The molecule has 6 nitrogen and oxygen atoms in total. The molecule has 1 saturated heterocycles. The molecule has 1 aliphatic heterocycles. The van der Waals surface area contributed by atoms with Gasteiger partial charge in [-0.05, 0) is 0 Å². The molecule has 2 amide bonds. The Labute approximate surface area is 87.4 Å². The summed E-state index contributed by atoms with van der Waals surface area (Å²) in [5.41, 5.74) is 0. The van der Waals surface area contributed by atoms with Crippen LogP contribution < -0.4 is 4.72 Å². The van der Waals surface area contributed by atoms with Gasteiger partial charge in [0.25, 0.3) is 0 Å². The summed E-state index contributed by atoms with van der Waals surface area (Å²) in [7, 11) is 0. The molecule has 0 saturated carbocycles. The average molecular weight is 219 g/mol. The number of rotatable bonds is 2. The third-order valence-corrected chi connectivity index (χ3v) is 2.38. The smallest absolute Gasteiger partial charge is 0.407 e. The van der Waals surface area contributed by atoms with E-state index < -0.39 is 6.09 Å². The molecule has 0 unspecified atom stereocenters. The summed E-state index contributed by atoms with van der Waals surface area (Å²) in [6.45, 7) is 2.36. The lowest BCUT2D eigenvalue weighted by molar-refractivity contribution is -0.120.